The fourth-order valence-electron chi connectivity index (χ4n) is 4.42. The molecule has 0 N–H and O–H groups in total. The van der Waals surface area contributed by atoms with Crippen molar-refractivity contribution in [2.75, 3.05) is 6.61 Å². The number of halogens is 1. The molecule has 1 unspecified atom stereocenters. The molecule has 0 aliphatic rings. The van der Waals surface area contributed by atoms with E-state index in [1.165, 1.54) is 6.92 Å². The number of rotatable bonds is 9. The number of fused-ring (bicyclic) bond motifs is 1. The number of oxazole rings is 1. The molecule has 0 spiro atoms. The Morgan fingerprint density at radius 1 is 1.00 bits per heavy atom. The third kappa shape index (κ3) is 4.54. The molecular weight excluding hydrogens is 455 g/mol. The average Bonchev–Trinajstić information content (AvgIpc) is 3.48. The molecule has 5 rings (SSSR count). The van der Waals surface area contributed by atoms with Crippen molar-refractivity contribution in [3.05, 3.63) is 108 Å². The summed E-state index contributed by atoms with van der Waals surface area (Å²) in [7, 11) is 0. The van der Waals surface area contributed by atoms with Crippen LogP contribution in [0.25, 0.3) is 22.4 Å². The monoisotopic (exact) mass is 482 g/mol. The molecule has 0 amide bonds. The van der Waals surface area contributed by atoms with Crippen LogP contribution in [0.3, 0.4) is 0 Å². The maximum Gasteiger partial charge on any atom is 0.226 e. The molecule has 5 nitrogen and oxygen atoms in total. The van der Waals surface area contributed by atoms with E-state index in [1.807, 2.05) is 67.6 Å². The molecule has 2 aromatic heterocycles. The van der Waals surface area contributed by atoms with Gasteiger partial charge in [0.1, 0.15) is 11.5 Å². The van der Waals surface area contributed by atoms with Gasteiger partial charge in [0.05, 0.1) is 24.4 Å². The third-order valence-corrected chi connectivity index (χ3v) is 6.46. The summed E-state index contributed by atoms with van der Waals surface area (Å²) in [5.74, 6) is 1.54. The van der Waals surface area contributed by atoms with E-state index in [4.69, 9.17) is 9.15 Å². The summed E-state index contributed by atoms with van der Waals surface area (Å²) in [5.41, 5.74) is 0.819. The third-order valence-electron chi connectivity index (χ3n) is 6.46. The van der Waals surface area contributed by atoms with E-state index in [9.17, 15) is 4.79 Å². The lowest BCUT2D eigenvalue weighted by molar-refractivity contribution is -0.129. The van der Waals surface area contributed by atoms with E-state index >= 15 is 4.39 Å². The Kier molecular flexibility index (Phi) is 6.42. The Hall–Kier alpha value is -4.19. The van der Waals surface area contributed by atoms with Crippen molar-refractivity contribution in [3.8, 4) is 17.2 Å². The van der Waals surface area contributed by atoms with Crippen LogP contribution >= 0.6 is 0 Å². The minimum Gasteiger partial charge on any atom is -0.492 e. The molecule has 36 heavy (non-hydrogen) atoms. The van der Waals surface area contributed by atoms with Gasteiger partial charge in [-0.3, -0.25) is 4.79 Å². The minimum absolute atomic E-state index is 0.111. The number of hydrogen-bond donors (Lipinski definition) is 0. The van der Waals surface area contributed by atoms with Gasteiger partial charge in [-0.2, -0.15) is 0 Å². The van der Waals surface area contributed by atoms with Crippen LogP contribution in [0.15, 0.2) is 95.5 Å². The van der Waals surface area contributed by atoms with Crippen molar-refractivity contribution in [2.45, 2.75) is 32.5 Å². The van der Waals surface area contributed by atoms with Gasteiger partial charge in [-0.05, 0) is 49.7 Å². The Morgan fingerprint density at radius 3 is 2.44 bits per heavy atom. The minimum atomic E-state index is -2.12. The number of ether oxygens (including phenoxy) is 1. The van der Waals surface area contributed by atoms with Crippen molar-refractivity contribution < 1.29 is 18.3 Å². The molecule has 182 valence electrons. The van der Waals surface area contributed by atoms with Gasteiger partial charge in [-0.1, -0.05) is 54.6 Å². The standard InChI is InChI=1S/C30H27FN2O3/c1-21-26(32-29(36-21)23-10-5-3-6-11-23)17-19-35-28-15-9-14-27-25(28)16-18-33(27)20-30(31,22(2)34)24-12-7-4-8-13-24/h3-16,18H,17,19-20H2,1-2H3. The number of ketones is 1. The molecule has 0 bridgehead atoms. The van der Waals surface area contributed by atoms with Gasteiger partial charge in [0.2, 0.25) is 11.6 Å². The van der Waals surface area contributed by atoms with Gasteiger partial charge in [0.15, 0.2) is 5.78 Å². The normalized spacial score (nSPS) is 13.0. The number of carbonyl (C=O) groups is 1. The van der Waals surface area contributed by atoms with Crippen molar-refractivity contribution in [1.29, 1.82) is 0 Å². The summed E-state index contributed by atoms with van der Waals surface area (Å²) < 4.78 is 29.7. The molecule has 5 aromatic rings. The lowest BCUT2D eigenvalue weighted by Crippen LogP contribution is -2.33. The number of benzene rings is 3. The molecule has 0 fully saturated rings. The van der Waals surface area contributed by atoms with Crippen LogP contribution < -0.4 is 4.74 Å². The quantitative estimate of drug-likeness (QED) is 0.235. The lowest BCUT2D eigenvalue weighted by atomic mass is 9.91. The van der Waals surface area contributed by atoms with Crippen LogP contribution in [0.4, 0.5) is 4.39 Å². The maximum absolute atomic E-state index is 16.0. The van der Waals surface area contributed by atoms with Crippen molar-refractivity contribution in [1.82, 2.24) is 9.55 Å². The first-order chi connectivity index (χ1) is 17.5. The maximum atomic E-state index is 16.0. The van der Waals surface area contributed by atoms with E-state index in [1.54, 1.807) is 35.0 Å². The first-order valence-corrected chi connectivity index (χ1v) is 11.9. The molecule has 0 radical (unpaired) electrons. The highest BCUT2D eigenvalue weighted by Crippen LogP contribution is 2.33. The van der Waals surface area contributed by atoms with Crippen molar-refractivity contribution >= 4 is 16.7 Å². The predicted octanol–water partition coefficient (Wildman–Crippen LogP) is 6.68. The molecule has 0 aliphatic heterocycles. The highest BCUT2D eigenvalue weighted by molar-refractivity contribution is 5.88. The molecule has 0 aliphatic carbocycles. The van der Waals surface area contributed by atoms with Crippen molar-refractivity contribution in [3.63, 3.8) is 0 Å². The van der Waals surface area contributed by atoms with Crippen LogP contribution in [0, 0.1) is 6.92 Å². The zero-order chi connectivity index (χ0) is 25.1. The van der Waals surface area contributed by atoms with Crippen LogP contribution in [0.2, 0.25) is 0 Å². The summed E-state index contributed by atoms with van der Waals surface area (Å²) in [4.78, 5) is 17.0. The van der Waals surface area contributed by atoms with E-state index in [-0.39, 0.29) is 6.54 Å². The van der Waals surface area contributed by atoms with Gasteiger partial charge in [-0.25, -0.2) is 9.37 Å². The first kappa shape index (κ1) is 23.5. The lowest BCUT2D eigenvalue weighted by Gasteiger charge is -2.24. The first-order valence-electron chi connectivity index (χ1n) is 11.9. The summed E-state index contributed by atoms with van der Waals surface area (Å²) in [5, 5.41) is 0.860. The Bertz CT molecular complexity index is 1490. The smallest absolute Gasteiger partial charge is 0.226 e. The zero-order valence-electron chi connectivity index (χ0n) is 20.3. The topological polar surface area (TPSA) is 57.3 Å². The van der Waals surface area contributed by atoms with E-state index in [2.05, 4.69) is 4.98 Å². The molecule has 6 heteroatoms. The number of aryl methyl sites for hydroxylation is 1. The molecule has 3 aromatic carbocycles. The highest BCUT2D eigenvalue weighted by Gasteiger charge is 2.38. The molecule has 2 heterocycles. The number of carbonyl (C=O) groups excluding carboxylic acids is 1. The fourth-order valence-corrected chi connectivity index (χ4v) is 4.42. The Labute approximate surface area is 209 Å². The second kappa shape index (κ2) is 9.82. The second-order valence-corrected chi connectivity index (χ2v) is 8.84. The van der Waals surface area contributed by atoms with Gasteiger partial charge < -0.3 is 13.7 Å². The van der Waals surface area contributed by atoms with Gasteiger partial charge in [0, 0.05) is 23.6 Å². The predicted molar refractivity (Wildman–Crippen MR) is 138 cm³/mol. The number of nitrogens with zero attached hydrogens (tertiary/aromatic N) is 2. The van der Waals surface area contributed by atoms with Gasteiger partial charge in [0.25, 0.3) is 0 Å². The number of Topliss-reactive ketones (excluding diaryl/α,β-unsaturated/α-hetero) is 1. The van der Waals surface area contributed by atoms with Crippen LogP contribution in [0.5, 0.6) is 5.75 Å². The van der Waals surface area contributed by atoms with Crippen LogP contribution in [0.1, 0.15) is 23.9 Å². The summed E-state index contributed by atoms with van der Waals surface area (Å²) in [6, 6.07) is 25.9. The molecule has 0 saturated heterocycles. The van der Waals surface area contributed by atoms with E-state index in [0.717, 1.165) is 27.9 Å². The van der Waals surface area contributed by atoms with E-state index in [0.29, 0.717) is 30.2 Å². The molecule has 0 saturated carbocycles. The van der Waals surface area contributed by atoms with Crippen molar-refractivity contribution in [2.24, 2.45) is 0 Å². The Morgan fingerprint density at radius 2 is 1.72 bits per heavy atom. The Balaban J connectivity index is 1.33. The highest BCUT2D eigenvalue weighted by atomic mass is 19.1. The SMILES string of the molecule is CC(=O)C(F)(Cn1ccc2c(OCCc3nc(-c4ccccc4)oc3C)cccc21)c1ccccc1. The summed E-state index contributed by atoms with van der Waals surface area (Å²) in [6.07, 6.45) is 2.39. The number of aromatic nitrogens is 2. The number of hydrogen-bond acceptors (Lipinski definition) is 4. The molecular formula is C30H27FN2O3. The van der Waals surface area contributed by atoms with Crippen LogP contribution in [-0.4, -0.2) is 21.9 Å². The zero-order valence-corrected chi connectivity index (χ0v) is 20.3. The van der Waals surface area contributed by atoms with Gasteiger partial charge in [-0.15, -0.1) is 0 Å². The fraction of sp³-hybridized carbons (Fsp3) is 0.200. The van der Waals surface area contributed by atoms with E-state index < -0.39 is 11.5 Å². The largest absolute Gasteiger partial charge is 0.492 e. The van der Waals surface area contributed by atoms with Gasteiger partial charge >= 0.3 is 0 Å². The average molecular weight is 483 g/mol. The number of alkyl halides is 1. The van der Waals surface area contributed by atoms with Crippen LogP contribution in [-0.2, 0) is 23.4 Å². The summed E-state index contributed by atoms with van der Waals surface area (Å²) in [6.45, 7) is 3.50. The summed E-state index contributed by atoms with van der Waals surface area (Å²) >= 11 is 0. The molecule has 1 atom stereocenters. The second-order valence-electron chi connectivity index (χ2n) is 8.84.